The zero-order valence-electron chi connectivity index (χ0n) is 19.1. The van der Waals surface area contributed by atoms with Gasteiger partial charge in [0, 0.05) is 19.5 Å². The van der Waals surface area contributed by atoms with Crippen molar-refractivity contribution in [3.63, 3.8) is 0 Å². The molecule has 1 saturated heterocycles. The topological polar surface area (TPSA) is 75.7 Å². The third kappa shape index (κ3) is 5.71. The lowest BCUT2D eigenvalue weighted by Gasteiger charge is -2.36. The van der Waals surface area contributed by atoms with Gasteiger partial charge in [-0.2, -0.15) is 0 Å². The largest absolute Gasteiger partial charge is 0.493 e. The molecule has 7 heteroatoms. The van der Waals surface area contributed by atoms with E-state index < -0.39 is 0 Å². The smallest absolute Gasteiger partial charge is 0.222 e. The zero-order valence-corrected chi connectivity index (χ0v) is 19.1. The Morgan fingerprint density at radius 1 is 1.12 bits per heavy atom. The molecule has 1 aliphatic heterocycles. The van der Waals surface area contributed by atoms with Crippen LogP contribution in [0.15, 0.2) is 36.5 Å². The summed E-state index contributed by atoms with van der Waals surface area (Å²) < 4.78 is 11.9. The van der Waals surface area contributed by atoms with Gasteiger partial charge in [0.1, 0.15) is 5.82 Å². The van der Waals surface area contributed by atoms with Crippen molar-refractivity contribution in [2.45, 2.75) is 64.1 Å². The number of piperidine rings is 1. The second-order valence-electron chi connectivity index (χ2n) is 8.70. The number of amides is 1. The van der Waals surface area contributed by atoms with Crippen LogP contribution < -0.4 is 25.0 Å². The Morgan fingerprint density at radius 3 is 2.56 bits per heavy atom. The number of anilines is 2. The fourth-order valence-corrected chi connectivity index (χ4v) is 4.65. The number of nitrogens with one attached hydrogen (secondary N) is 2. The lowest BCUT2D eigenvalue weighted by atomic mass is 10.0. The van der Waals surface area contributed by atoms with Crippen LogP contribution in [0.5, 0.6) is 11.5 Å². The molecule has 0 unspecified atom stereocenters. The van der Waals surface area contributed by atoms with Crippen molar-refractivity contribution < 1.29 is 14.3 Å². The van der Waals surface area contributed by atoms with Crippen molar-refractivity contribution in [2.24, 2.45) is 0 Å². The van der Waals surface area contributed by atoms with E-state index in [9.17, 15) is 4.79 Å². The number of hydrogen-bond donors (Lipinski definition) is 2. The Bertz CT molecular complexity index is 891. The minimum Gasteiger partial charge on any atom is -0.493 e. The Balaban J connectivity index is 1.57. The van der Waals surface area contributed by atoms with Gasteiger partial charge in [-0.25, -0.2) is 4.98 Å². The van der Waals surface area contributed by atoms with Crippen LogP contribution in [0.4, 0.5) is 11.5 Å². The van der Waals surface area contributed by atoms with Crippen molar-refractivity contribution in [3.05, 3.63) is 42.1 Å². The number of ether oxygens (including phenoxy) is 2. The summed E-state index contributed by atoms with van der Waals surface area (Å²) in [7, 11) is 1.69. The number of methoxy groups -OCH3 is 1. The molecule has 1 aromatic heterocycles. The molecule has 0 radical (unpaired) electrons. The molecule has 172 valence electrons. The van der Waals surface area contributed by atoms with Crippen molar-refractivity contribution in [1.82, 2.24) is 10.3 Å². The second-order valence-corrected chi connectivity index (χ2v) is 8.70. The number of carbonyl (C=O) groups is 1. The highest BCUT2D eigenvalue weighted by Gasteiger charge is 2.23. The van der Waals surface area contributed by atoms with Gasteiger partial charge in [0.15, 0.2) is 11.5 Å². The fraction of sp³-hybridized carbons (Fsp3) is 0.520. The van der Waals surface area contributed by atoms with E-state index in [-0.39, 0.29) is 12.0 Å². The predicted octanol–water partition coefficient (Wildman–Crippen LogP) is 4.13. The number of carbonyl (C=O) groups excluding carboxylic acids is 1. The van der Waals surface area contributed by atoms with Gasteiger partial charge < -0.3 is 25.0 Å². The molecular formula is C25H34N4O3. The minimum atomic E-state index is -0.117. The van der Waals surface area contributed by atoms with Crippen molar-refractivity contribution in [3.8, 4) is 11.5 Å². The first kappa shape index (κ1) is 22.4. The standard InChI is InChI=1S/C25H34N4O3/c1-18(30)28-25-10-8-21(16-27-25)29(20-11-13-26-14-12-20)17-19-7-9-23(31-2)24(15-19)32-22-5-3-4-6-22/h7-10,15-16,20,22,26H,3-6,11-14,17H2,1-2H3,(H,27,28,30). The second kappa shape index (κ2) is 10.7. The van der Waals surface area contributed by atoms with Crippen LogP contribution in [0.25, 0.3) is 0 Å². The first-order chi connectivity index (χ1) is 15.6. The monoisotopic (exact) mass is 438 g/mol. The highest BCUT2D eigenvalue weighted by molar-refractivity contribution is 5.87. The van der Waals surface area contributed by atoms with Crippen molar-refractivity contribution >= 4 is 17.4 Å². The SMILES string of the molecule is COc1ccc(CN(c2ccc(NC(C)=O)nc2)C2CCNCC2)cc1OC1CCCC1. The van der Waals surface area contributed by atoms with E-state index in [1.807, 2.05) is 24.4 Å². The van der Waals surface area contributed by atoms with E-state index in [0.717, 1.165) is 62.5 Å². The van der Waals surface area contributed by atoms with Gasteiger partial charge in [-0.3, -0.25) is 4.79 Å². The molecule has 0 spiro atoms. The van der Waals surface area contributed by atoms with Crippen LogP contribution in [-0.4, -0.2) is 43.2 Å². The van der Waals surface area contributed by atoms with Gasteiger partial charge in [-0.15, -0.1) is 0 Å². The summed E-state index contributed by atoms with van der Waals surface area (Å²) in [4.78, 5) is 18.2. The molecule has 2 heterocycles. The molecule has 32 heavy (non-hydrogen) atoms. The Kier molecular flexibility index (Phi) is 7.47. The maximum absolute atomic E-state index is 11.3. The van der Waals surface area contributed by atoms with Gasteiger partial charge in [0.05, 0.1) is 25.1 Å². The van der Waals surface area contributed by atoms with Crippen LogP contribution in [0.3, 0.4) is 0 Å². The maximum Gasteiger partial charge on any atom is 0.222 e. The fourth-order valence-electron chi connectivity index (χ4n) is 4.65. The molecule has 1 saturated carbocycles. The lowest BCUT2D eigenvalue weighted by Crippen LogP contribution is -2.43. The molecule has 2 aromatic rings. The predicted molar refractivity (Wildman–Crippen MR) is 126 cm³/mol. The average Bonchev–Trinajstić information content (AvgIpc) is 3.32. The summed E-state index contributed by atoms with van der Waals surface area (Å²) in [5.74, 6) is 2.08. The van der Waals surface area contributed by atoms with E-state index in [1.165, 1.54) is 25.3 Å². The summed E-state index contributed by atoms with van der Waals surface area (Å²) in [5, 5.41) is 6.20. The summed E-state index contributed by atoms with van der Waals surface area (Å²) in [5.41, 5.74) is 2.24. The number of rotatable bonds is 8. The highest BCUT2D eigenvalue weighted by atomic mass is 16.5. The van der Waals surface area contributed by atoms with E-state index in [2.05, 4.69) is 32.7 Å². The average molecular weight is 439 g/mol. The maximum atomic E-state index is 11.3. The minimum absolute atomic E-state index is 0.117. The number of hydrogen-bond acceptors (Lipinski definition) is 6. The van der Waals surface area contributed by atoms with Crippen molar-refractivity contribution in [2.75, 3.05) is 30.4 Å². The molecule has 1 aromatic carbocycles. The third-order valence-electron chi connectivity index (χ3n) is 6.31. The van der Waals surface area contributed by atoms with Crippen LogP contribution in [0, 0.1) is 0 Å². The molecule has 0 atom stereocenters. The van der Waals surface area contributed by atoms with Crippen LogP contribution in [0.1, 0.15) is 51.0 Å². The Labute approximate surface area is 190 Å². The lowest BCUT2D eigenvalue weighted by molar-refractivity contribution is -0.114. The number of benzene rings is 1. The first-order valence-electron chi connectivity index (χ1n) is 11.7. The zero-order chi connectivity index (χ0) is 22.3. The summed E-state index contributed by atoms with van der Waals surface area (Å²) >= 11 is 0. The molecule has 2 aliphatic rings. The third-order valence-corrected chi connectivity index (χ3v) is 6.31. The van der Waals surface area contributed by atoms with Crippen LogP contribution in [-0.2, 0) is 11.3 Å². The summed E-state index contributed by atoms with van der Waals surface area (Å²) in [6.07, 6.45) is 8.98. The number of aromatic nitrogens is 1. The molecule has 4 rings (SSSR count). The van der Waals surface area contributed by atoms with Gasteiger partial charge >= 0.3 is 0 Å². The molecule has 2 fully saturated rings. The van der Waals surface area contributed by atoms with E-state index in [1.54, 1.807) is 7.11 Å². The Hall–Kier alpha value is -2.80. The molecule has 2 N–H and O–H groups in total. The summed E-state index contributed by atoms with van der Waals surface area (Å²) in [6, 6.07) is 10.6. The van der Waals surface area contributed by atoms with Crippen LogP contribution in [0.2, 0.25) is 0 Å². The highest BCUT2D eigenvalue weighted by Crippen LogP contribution is 2.34. The number of pyridine rings is 1. The molecule has 0 bridgehead atoms. The van der Waals surface area contributed by atoms with Gasteiger partial charge in [0.25, 0.3) is 0 Å². The number of nitrogens with zero attached hydrogens (tertiary/aromatic N) is 2. The van der Waals surface area contributed by atoms with E-state index >= 15 is 0 Å². The molecular weight excluding hydrogens is 404 g/mol. The quantitative estimate of drug-likeness (QED) is 0.646. The van der Waals surface area contributed by atoms with Gasteiger partial charge in [0.2, 0.25) is 5.91 Å². The first-order valence-corrected chi connectivity index (χ1v) is 11.7. The Morgan fingerprint density at radius 2 is 1.91 bits per heavy atom. The normalized spacial score (nSPS) is 17.2. The molecule has 1 aliphatic carbocycles. The van der Waals surface area contributed by atoms with Crippen LogP contribution >= 0.6 is 0 Å². The van der Waals surface area contributed by atoms with E-state index in [4.69, 9.17) is 9.47 Å². The van der Waals surface area contributed by atoms with E-state index in [0.29, 0.717) is 11.9 Å². The van der Waals surface area contributed by atoms with Crippen molar-refractivity contribution in [1.29, 1.82) is 0 Å². The summed E-state index contributed by atoms with van der Waals surface area (Å²) in [6.45, 7) is 4.27. The molecule has 7 nitrogen and oxygen atoms in total. The van der Waals surface area contributed by atoms with Gasteiger partial charge in [-0.1, -0.05) is 6.07 Å². The molecule has 1 amide bonds. The van der Waals surface area contributed by atoms with Gasteiger partial charge in [-0.05, 0) is 81.4 Å².